The molecule has 3 aromatic rings. The Labute approximate surface area is 130 Å². The summed E-state index contributed by atoms with van der Waals surface area (Å²) in [5, 5.41) is 6.52. The molecule has 2 aromatic carbocycles. The number of halogens is 2. The molecule has 1 aromatic heterocycles. The van der Waals surface area contributed by atoms with Crippen molar-refractivity contribution in [1.82, 2.24) is 4.98 Å². The number of aromatic nitrogens is 1. The van der Waals surface area contributed by atoms with Crippen molar-refractivity contribution in [2.24, 2.45) is 5.10 Å². The maximum Gasteiger partial charge on any atom is 0.203 e. The predicted molar refractivity (Wildman–Crippen MR) is 85.1 cm³/mol. The number of anilines is 1. The molecule has 0 fully saturated rings. The molecule has 3 rings (SSSR count). The van der Waals surface area contributed by atoms with Crippen LogP contribution in [0.4, 0.5) is 13.9 Å². The van der Waals surface area contributed by atoms with Gasteiger partial charge < -0.3 is 0 Å². The van der Waals surface area contributed by atoms with Crippen molar-refractivity contribution in [3.8, 4) is 11.3 Å². The Bertz CT molecular complexity index is 800. The van der Waals surface area contributed by atoms with Gasteiger partial charge in [-0.25, -0.2) is 13.8 Å². The minimum atomic E-state index is -0.899. The highest BCUT2D eigenvalue weighted by atomic mass is 32.1. The van der Waals surface area contributed by atoms with Crippen molar-refractivity contribution in [2.75, 3.05) is 5.43 Å². The van der Waals surface area contributed by atoms with Crippen LogP contribution in [0.15, 0.2) is 59.0 Å². The van der Waals surface area contributed by atoms with Gasteiger partial charge in [-0.1, -0.05) is 36.4 Å². The molecule has 110 valence electrons. The van der Waals surface area contributed by atoms with Crippen LogP contribution < -0.4 is 5.43 Å². The summed E-state index contributed by atoms with van der Waals surface area (Å²) in [6, 6.07) is 13.4. The number of hydrogen-bond acceptors (Lipinski definition) is 4. The van der Waals surface area contributed by atoms with E-state index in [0.29, 0.717) is 10.7 Å². The quantitative estimate of drug-likeness (QED) is 0.567. The third kappa shape index (κ3) is 3.35. The average Bonchev–Trinajstić information content (AvgIpc) is 3.01. The van der Waals surface area contributed by atoms with Crippen LogP contribution in [0, 0.1) is 11.6 Å². The zero-order valence-electron chi connectivity index (χ0n) is 11.3. The summed E-state index contributed by atoms with van der Waals surface area (Å²) in [5.41, 5.74) is 5.12. The molecule has 0 spiro atoms. The normalized spacial score (nSPS) is 11.0. The first-order valence-electron chi connectivity index (χ1n) is 6.47. The first-order chi connectivity index (χ1) is 10.7. The largest absolute Gasteiger partial charge is 0.253 e. The lowest BCUT2D eigenvalue weighted by Crippen LogP contribution is -1.92. The molecule has 6 heteroatoms. The second-order valence-electron chi connectivity index (χ2n) is 4.45. The van der Waals surface area contributed by atoms with Crippen LogP contribution in [0.2, 0.25) is 0 Å². The third-order valence-electron chi connectivity index (χ3n) is 2.89. The molecule has 3 nitrogen and oxygen atoms in total. The van der Waals surface area contributed by atoms with Crippen LogP contribution in [0.3, 0.4) is 0 Å². The zero-order valence-corrected chi connectivity index (χ0v) is 12.1. The van der Waals surface area contributed by atoms with Crippen molar-refractivity contribution in [3.05, 3.63) is 71.1 Å². The molecule has 0 radical (unpaired) electrons. The summed E-state index contributed by atoms with van der Waals surface area (Å²) >= 11 is 1.42. The molecule has 0 bridgehead atoms. The van der Waals surface area contributed by atoms with Crippen molar-refractivity contribution >= 4 is 22.7 Å². The van der Waals surface area contributed by atoms with Crippen LogP contribution in [0.5, 0.6) is 0 Å². The van der Waals surface area contributed by atoms with E-state index in [0.717, 1.165) is 23.4 Å². The number of hydrogen-bond donors (Lipinski definition) is 1. The van der Waals surface area contributed by atoms with E-state index in [1.54, 1.807) is 0 Å². The van der Waals surface area contributed by atoms with E-state index in [1.165, 1.54) is 23.6 Å². The van der Waals surface area contributed by atoms with E-state index < -0.39 is 11.6 Å². The molecule has 0 aliphatic carbocycles. The van der Waals surface area contributed by atoms with Gasteiger partial charge in [0.05, 0.1) is 11.9 Å². The lowest BCUT2D eigenvalue weighted by atomic mass is 10.2. The molecule has 0 saturated carbocycles. The van der Waals surface area contributed by atoms with Gasteiger partial charge in [0.25, 0.3) is 0 Å². The standard InChI is InChI=1S/C16H11F2N3S/c17-13-7-6-11(8-14(13)18)9-19-21-16-20-15(10-22-16)12-4-2-1-3-5-12/h1-10H,(H,20,21)/b19-9+. The first-order valence-corrected chi connectivity index (χ1v) is 7.35. The third-order valence-corrected chi connectivity index (χ3v) is 3.64. The minimum absolute atomic E-state index is 0.464. The Balaban J connectivity index is 1.68. The van der Waals surface area contributed by atoms with Crippen molar-refractivity contribution in [2.45, 2.75) is 0 Å². The van der Waals surface area contributed by atoms with E-state index in [4.69, 9.17) is 0 Å². The zero-order chi connectivity index (χ0) is 15.4. The maximum absolute atomic E-state index is 13.1. The predicted octanol–water partition coefficient (Wildman–Crippen LogP) is 4.53. The highest BCUT2D eigenvalue weighted by Gasteiger charge is 2.03. The number of nitrogens with zero attached hydrogens (tertiary/aromatic N) is 2. The number of nitrogens with one attached hydrogen (secondary N) is 1. The van der Waals surface area contributed by atoms with E-state index in [1.807, 2.05) is 35.7 Å². The van der Waals surface area contributed by atoms with Gasteiger partial charge in [0.15, 0.2) is 11.6 Å². The maximum atomic E-state index is 13.1. The Hall–Kier alpha value is -2.60. The Morgan fingerprint density at radius 3 is 2.64 bits per heavy atom. The fourth-order valence-electron chi connectivity index (χ4n) is 1.82. The second kappa shape index (κ2) is 6.44. The molecule has 22 heavy (non-hydrogen) atoms. The van der Waals surface area contributed by atoms with E-state index in [9.17, 15) is 8.78 Å². The van der Waals surface area contributed by atoms with E-state index in [2.05, 4.69) is 15.5 Å². The van der Waals surface area contributed by atoms with Gasteiger partial charge in [0, 0.05) is 10.9 Å². The Kier molecular flexibility index (Phi) is 4.20. The molecule has 0 unspecified atom stereocenters. The van der Waals surface area contributed by atoms with E-state index in [-0.39, 0.29) is 0 Å². The van der Waals surface area contributed by atoms with Gasteiger partial charge in [0.2, 0.25) is 5.13 Å². The molecule has 0 aliphatic rings. The summed E-state index contributed by atoms with van der Waals surface area (Å²) in [6.07, 6.45) is 1.41. The number of benzene rings is 2. The molecule has 0 saturated heterocycles. The number of rotatable bonds is 4. The molecular formula is C16H11F2N3S. The Morgan fingerprint density at radius 2 is 1.86 bits per heavy atom. The summed E-state index contributed by atoms with van der Waals surface area (Å²) in [4.78, 5) is 4.40. The van der Waals surface area contributed by atoms with E-state index >= 15 is 0 Å². The average molecular weight is 315 g/mol. The van der Waals surface area contributed by atoms with Gasteiger partial charge in [-0.15, -0.1) is 11.3 Å². The summed E-state index contributed by atoms with van der Waals surface area (Å²) in [5.74, 6) is -1.78. The number of hydrazone groups is 1. The summed E-state index contributed by atoms with van der Waals surface area (Å²) < 4.78 is 25.9. The fraction of sp³-hybridized carbons (Fsp3) is 0. The number of thiazole rings is 1. The molecule has 0 aliphatic heterocycles. The van der Waals surface area contributed by atoms with Crippen LogP contribution in [-0.2, 0) is 0 Å². The fourth-order valence-corrected chi connectivity index (χ4v) is 2.49. The smallest absolute Gasteiger partial charge is 0.203 e. The molecular weight excluding hydrogens is 304 g/mol. The summed E-state index contributed by atoms with van der Waals surface area (Å²) in [7, 11) is 0. The molecule has 1 N–H and O–H groups in total. The van der Waals surface area contributed by atoms with Crippen molar-refractivity contribution < 1.29 is 8.78 Å². The lowest BCUT2D eigenvalue weighted by molar-refractivity contribution is 0.508. The van der Waals surface area contributed by atoms with Gasteiger partial charge >= 0.3 is 0 Å². The summed E-state index contributed by atoms with van der Waals surface area (Å²) in [6.45, 7) is 0. The molecule has 0 amide bonds. The topological polar surface area (TPSA) is 37.3 Å². The van der Waals surface area contributed by atoms with Crippen molar-refractivity contribution in [3.63, 3.8) is 0 Å². The molecule has 1 heterocycles. The highest BCUT2D eigenvalue weighted by Crippen LogP contribution is 2.24. The van der Waals surface area contributed by atoms with Crippen molar-refractivity contribution in [1.29, 1.82) is 0 Å². The first kappa shape index (κ1) is 14.3. The monoisotopic (exact) mass is 315 g/mol. The van der Waals surface area contributed by atoms with Crippen LogP contribution >= 0.6 is 11.3 Å². The second-order valence-corrected chi connectivity index (χ2v) is 5.31. The van der Waals surface area contributed by atoms with Gasteiger partial charge in [0.1, 0.15) is 0 Å². The van der Waals surface area contributed by atoms with Crippen LogP contribution in [0.25, 0.3) is 11.3 Å². The SMILES string of the molecule is Fc1ccc(/C=N/Nc2nc(-c3ccccc3)cs2)cc1F. The lowest BCUT2D eigenvalue weighted by Gasteiger charge is -1.96. The van der Waals surface area contributed by atoms with Crippen LogP contribution in [-0.4, -0.2) is 11.2 Å². The van der Waals surface area contributed by atoms with Gasteiger partial charge in [-0.3, -0.25) is 5.43 Å². The minimum Gasteiger partial charge on any atom is -0.253 e. The van der Waals surface area contributed by atoms with Crippen LogP contribution in [0.1, 0.15) is 5.56 Å². The Morgan fingerprint density at radius 1 is 1.05 bits per heavy atom. The van der Waals surface area contributed by atoms with Gasteiger partial charge in [-0.05, 0) is 17.7 Å². The molecule has 0 atom stereocenters. The highest BCUT2D eigenvalue weighted by molar-refractivity contribution is 7.14. The van der Waals surface area contributed by atoms with Gasteiger partial charge in [-0.2, -0.15) is 5.10 Å².